The molecule has 1 aromatic rings. The van der Waals surface area contributed by atoms with Crippen LogP contribution in [0.1, 0.15) is 21.5 Å². The van der Waals surface area contributed by atoms with E-state index in [0.717, 1.165) is 17.6 Å². The molecule has 7 nitrogen and oxygen atoms in total. The SMILES string of the molecule is Cc1sc(C(=O)NC(C)CS(C)(=O)=O)cc1S(N)(=O)=O. The van der Waals surface area contributed by atoms with Gasteiger partial charge in [0.2, 0.25) is 10.0 Å². The first-order chi connectivity index (χ1) is 8.90. The smallest absolute Gasteiger partial charge is 0.261 e. The van der Waals surface area contributed by atoms with Crippen molar-refractivity contribution < 1.29 is 21.6 Å². The molecule has 1 rings (SSSR count). The van der Waals surface area contributed by atoms with Crippen LogP contribution in [0.5, 0.6) is 0 Å². The van der Waals surface area contributed by atoms with Crippen molar-refractivity contribution in [2.75, 3.05) is 12.0 Å². The first kappa shape index (κ1) is 17.1. The number of sulfone groups is 1. The molecule has 3 N–H and O–H groups in total. The molecule has 0 aliphatic carbocycles. The van der Waals surface area contributed by atoms with Crippen LogP contribution in [-0.2, 0) is 19.9 Å². The minimum Gasteiger partial charge on any atom is -0.348 e. The number of sulfonamides is 1. The van der Waals surface area contributed by atoms with E-state index in [9.17, 15) is 21.6 Å². The molecule has 20 heavy (non-hydrogen) atoms. The maximum Gasteiger partial charge on any atom is 0.261 e. The Hall–Kier alpha value is -0.970. The van der Waals surface area contributed by atoms with Gasteiger partial charge in [-0.25, -0.2) is 22.0 Å². The fourth-order valence-electron chi connectivity index (χ4n) is 1.65. The normalized spacial score (nSPS) is 14.0. The van der Waals surface area contributed by atoms with E-state index in [1.54, 1.807) is 13.8 Å². The molecule has 10 heteroatoms. The summed E-state index contributed by atoms with van der Waals surface area (Å²) in [5, 5.41) is 7.52. The number of thiophene rings is 1. The molecule has 0 saturated carbocycles. The second-order valence-electron chi connectivity index (χ2n) is 4.54. The van der Waals surface area contributed by atoms with Gasteiger partial charge in [0.15, 0.2) is 0 Å². The first-order valence-corrected chi connectivity index (χ1v) is 9.94. The number of carbonyl (C=O) groups excluding carboxylic acids is 1. The molecule has 0 saturated heterocycles. The Balaban J connectivity index is 2.90. The predicted octanol–water partition coefficient (Wildman–Crippen LogP) is -0.133. The quantitative estimate of drug-likeness (QED) is 0.772. The van der Waals surface area contributed by atoms with Gasteiger partial charge in [-0.3, -0.25) is 4.79 Å². The summed E-state index contributed by atoms with van der Waals surface area (Å²) in [4.78, 5) is 12.4. The third kappa shape index (κ3) is 4.85. The molecule has 0 radical (unpaired) electrons. The minimum atomic E-state index is -3.87. The second kappa shape index (κ2) is 5.80. The Bertz CT molecular complexity index is 718. The zero-order chi connectivity index (χ0) is 15.7. The topological polar surface area (TPSA) is 123 Å². The Kier molecular flexibility index (Phi) is 4.95. The van der Waals surface area contributed by atoms with Crippen LogP contribution in [0.15, 0.2) is 11.0 Å². The van der Waals surface area contributed by atoms with Crippen molar-refractivity contribution in [1.29, 1.82) is 0 Å². The fourth-order valence-corrected chi connectivity index (χ4v) is 4.69. The Morgan fingerprint density at radius 1 is 1.40 bits per heavy atom. The van der Waals surface area contributed by atoms with Crippen molar-refractivity contribution in [3.05, 3.63) is 15.8 Å². The van der Waals surface area contributed by atoms with Crippen LogP contribution in [0.3, 0.4) is 0 Å². The van der Waals surface area contributed by atoms with E-state index >= 15 is 0 Å². The average Bonchev–Trinajstić information content (AvgIpc) is 2.56. The van der Waals surface area contributed by atoms with Crippen molar-refractivity contribution in [2.24, 2.45) is 5.14 Å². The molecule has 0 bridgehead atoms. The van der Waals surface area contributed by atoms with Gasteiger partial charge in [0.1, 0.15) is 9.84 Å². The van der Waals surface area contributed by atoms with Crippen LogP contribution in [0, 0.1) is 6.92 Å². The lowest BCUT2D eigenvalue weighted by atomic mass is 10.3. The highest BCUT2D eigenvalue weighted by atomic mass is 32.2. The van der Waals surface area contributed by atoms with Gasteiger partial charge in [-0.2, -0.15) is 0 Å². The highest BCUT2D eigenvalue weighted by Gasteiger charge is 2.21. The number of hydrogen-bond donors (Lipinski definition) is 2. The summed E-state index contributed by atoms with van der Waals surface area (Å²) in [5.74, 6) is -0.713. The van der Waals surface area contributed by atoms with Gasteiger partial charge in [-0.05, 0) is 19.9 Å². The van der Waals surface area contributed by atoms with Crippen molar-refractivity contribution >= 4 is 37.1 Å². The summed E-state index contributed by atoms with van der Waals surface area (Å²) in [7, 11) is -7.07. The molecule has 114 valence electrons. The maximum absolute atomic E-state index is 11.9. The van der Waals surface area contributed by atoms with Gasteiger partial charge in [-0.15, -0.1) is 11.3 Å². The molecule has 1 atom stereocenters. The number of hydrogen-bond acceptors (Lipinski definition) is 6. The number of amides is 1. The molecular formula is C10H16N2O5S3. The van der Waals surface area contributed by atoms with Gasteiger partial charge >= 0.3 is 0 Å². The van der Waals surface area contributed by atoms with Crippen molar-refractivity contribution in [3.8, 4) is 0 Å². The molecule has 0 aromatic carbocycles. The first-order valence-electron chi connectivity index (χ1n) is 5.52. The Morgan fingerprint density at radius 2 is 1.95 bits per heavy atom. The summed E-state index contributed by atoms with van der Waals surface area (Å²) in [5.41, 5.74) is 0. The summed E-state index contributed by atoms with van der Waals surface area (Å²) in [6.07, 6.45) is 1.07. The average molecular weight is 340 g/mol. The lowest BCUT2D eigenvalue weighted by molar-refractivity contribution is 0.0947. The fraction of sp³-hybridized carbons (Fsp3) is 0.500. The third-order valence-corrected chi connectivity index (χ3v) is 5.65. The van der Waals surface area contributed by atoms with E-state index in [1.807, 2.05) is 0 Å². The number of nitrogens with two attached hydrogens (primary N) is 1. The number of aryl methyl sites for hydroxylation is 1. The second-order valence-corrected chi connectivity index (χ2v) is 9.51. The van der Waals surface area contributed by atoms with Crippen LogP contribution in [0.4, 0.5) is 0 Å². The lowest BCUT2D eigenvalue weighted by Gasteiger charge is -2.11. The summed E-state index contributed by atoms with van der Waals surface area (Å²) < 4.78 is 44.8. The molecule has 1 amide bonds. The number of carbonyl (C=O) groups is 1. The molecular weight excluding hydrogens is 324 g/mol. The van der Waals surface area contributed by atoms with E-state index in [2.05, 4.69) is 5.32 Å². The lowest BCUT2D eigenvalue weighted by Crippen LogP contribution is -2.37. The summed E-state index contributed by atoms with van der Waals surface area (Å²) in [6, 6.07) is 0.621. The van der Waals surface area contributed by atoms with Gasteiger partial charge in [-0.1, -0.05) is 0 Å². The zero-order valence-corrected chi connectivity index (χ0v) is 13.7. The molecule has 0 aliphatic rings. The van der Waals surface area contributed by atoms with E-state index in [0.29, 0.717) is 4.88 Å². The molecule has 1 unspecified atom stereocenters. The van der Waals surface area contributed by atoms with E-state index < -0.39 is 31.8 Å². The van der Waals surface area contributed by atoms with Crippen LogP contribution in [-0.4, -0.2) is 40.8 Å². The van der Waals surface area contributed by atoms with Gasteiger partial charge < -0.3 is 5.32 Å². The van der Waals surface area contributed by atoms with Crippen molar-refractivity contribution in [1.82, 2.24) is 5.32 Å². The Labute approximate surface area is 122 Å². The van der Waals surface area contributed by atoms with Crippen molar-refractivity contribution in [2.45, 2.75) is 24.8 Å². The monoisotopic (exact) mass is 340 g/mol. The number of rotatable bonds is 5. The summed E-state index contributed by atoms with van der Waals surface area (Å²) >= 11 is 0.989. The largest absolute Gasteiger partial charge is 0.348 e. The predicted molar refractivity (Wildman–Crippen MR) is 77.1 cm³/mol. The molecule has 1 aromatic heterocycles. The van der Waals surface area contributed by atoms with Crippen LogP contribution < -0.4 is 10.5 Å². The number of nitrogens with one attached hydrogen (secondary N) is 1. The summed E-state index contributed by atoms with van der Waals surface area (Å²) in [6.45, 7) is 3.10. The van der Waals surface area contributed by atoms with E-state index in [1.165, 1.54) is 6.07 Å². The highest BCUT2D eigenvalue weighted by molar-refractivity contribution is 7.90. The molecule has 0 spiro atoms. The Morgan fingerprint density at radius 3 is 2.35 bits per heavy atom. The molecule has 0 fully saturated rings. The molecule has 0 aliphatic heterocycles. The van der Waals surface area contributed by atoms with Gasteiger partial charge in [0.25, 0.3) is 5.91 Å². The number of primary sulfonamides is 1. The van der Waals surface area contributed by atoms with Crippen LogP contribution >= 0.6 is 11.3 Å². The van der Waals surface area contributed by atoms with E-state index in [-0.39, 0.29) is 15.5 Å². The standard InChI is InChI=1S/C10H16N2O5S3/c1-6(5-19(3,14)15)12-10(13)8-4-9(7(2)18-8)20(11,16)17/h4,6H,5H2,1-3H3,(H,12,13)(H2,11,16,17). The molecule has 1 heterocycles. The van der Waals surface area contributed by atoms with Crippen LogP contribution in [0.25, 0.3) is 0 Å². The highest BCUT2D eigenvalue weighted by Crippen LogP contribution is 2.24. The van der Waals surface area contributed by atoms with Crippen molar-refractivity contribution in [3.63, 3.8) is 0 Å². The van der Waals surface area contributed by atoms with Gasteiger partial charge in [0.05, 0.1) is 15.5 Å². The minimum absolute atomic E-state index is 0.0941. The maximum atomic E-state index is 11.9. The van der Waals surface area contributed by atoms with E-state index in [4.69, 9.17) is 5.14 Å². The van der Waals surface area contributed by atoms with Gasteiger partial charge in [0, 0.05) is 17.2 Å². The zero-order valence-electron chi connectivity index (χ0n) is 11.2. The third-order valence-electron chi connectivity index (χ3n) is 2.33. The van der Waals surface area contributed by atoms with Crippen LogP contribution in [0.2, 0.25) is 0 Å².